The first kappa shape index (κ1) is 25.8. The highest BCUT2D eigenvalue weighted by Gasteiger charge is 2.50. The Bertz CT molecular complexity index is 1280. The van der Waals surface area contributed by atoms with E-state index in [1.54, 1.807) is 0 Å². The van der Waals surface area contributed by atoms with Crippen LogP contribution >= 0.6 is 22.6 Å². The lowest BCUT2D eigenvalue weighted by Crippen LogP contribution is -2.49. The molecule has 37 heavy (non-hydrogen) atoms. The maximum Gasteiger partial charge on any atom is 0.182 e. The van der Waals surface area contributed by atoms with E-state index >= 15 is 0 Å². The topological polar surface area (TPSA) is 91.2 Å². The first-order valence-corrected chi connectivity index (χ1v) is 15.5. The molecule has 198 valence electrons. The van der Waals surface area contributed by atoms with Gasteiger partial charge >= 0.3 is 0 Å². The predicted octanol–water partition coefficient (Wildman–Crippen LogP) is 5.07. The van der Waals surface area contributed by atoms with E-state index in [2.05, 4.69) is 56.5 Å². The molecule has 10 heteroatoms. The van der Waals surface area contributed by atoms with E-state index in [9.17, 15) is 4.55 Å². The van der Waals surface area contributed by atoms with Gasteiger partial charge in [-0.05, 0) is 93.0 Å². The highest BCUT2D eigenvalue weighted by atomic mass is 127. The fraction of sp³-hybridized carbons (Fsp3) is 0.593. The number of hydrogen-bond donors (Lipinski definition) is 1. The van der Waals surface area contributed by atoms with Crippen LogP contribution < -0.4 is 9.62 Å². The molecular weight excluding hydrogens is 599 g/mol. The quantitative estimate of drug-likeness (QED) is 0.317. The van der Waals surface area contributed by atoms with Crippen molar-refractivity contribution in [3.63, 3.8) is 0 Å². The Balaban J connectivity index is 1.25. The third kappa shape index (κ3) is 4.77. The number of ether oxygens (including phenoxy) is 1. The Morgan fingerprint density at radius 1 is 1.19 bits per heavy atom. The van der Waals surface area contributed by atoms with Gasteiger partial charge in [-0.3, -0.25) is 0 Å². The van der Waals surface area contributed by atoms with Crippen LogP contribution in [0.4, 0.5) is 5.82 Å². The second-order valence-electron chi connectivity index (χ2n) is 11.6. The summed E-state index contributed by atoms with van der Waals surface area (Å²) in [5.41, 5.74) is 4.38. The lowest BCUT2D eigenvalue weighted by molar-refractivity contribution is -0.0372. The molecule has 8 nitrogen and oxygen atoms in total. The van der Waals surface area contributed by atoms with Crippen molar-refractivity contribution in [3.8, 4) is 0 Å². The molecule has 0 radical (unpaired) electrons. The summed E-state index contributed by atoms with van der Waals surface area (Å²) < 4.78 is 25.2. The maximum absolute atomic E-state index is 13.2. The van der Waals surface area contributed by atoms with E-state index in [-0.39, 0.29) is 22.4 Å². The number of nitrogens with one attached hydrogen (secondary N) is 1. The Hall–Kier alpha value is -1.47. The normalized spacial score (nSPS) is 24.5. The molecule has 3 aliphatic rings. The highest BCUT2D eigenvalue weighted by Crippen LogP contribution is 2.52. The number of hydrogen-bond acceptors (Lipinski definition) is 7. The van der Waals surface area contributed by atoms with Gasteiger partial charge < -0.3 is 14.2 Å². The lowest BCUT2D eigenvalue weighted by Gasteiger charge is -2.44. The molecule has 6 rings (SSSR count). The molecule has 1 spiro atoms. The van der Waals surface area contributed by atoms with Gasteiger partial charge in [0.25, 0.3) is 0 Å². The van der Waals surface area contributed by atoms with Crippen molar-refractivity contribution in [1.82, 2.24) is 24.5 Å². The van der Waals surface area contributed by atoms with Crippen LogP contribution in [0.25, 0.3) is 11.2 Å². The van der Waals surface area contributed by atoms with Gasteiger partial charge in [-0.2, -0.15) is 5.10 Å². The molecule has 4 heterocycles. The van der Waals surface area contributed by atoms with E-state index < -0.39 is 11.4 Å². The maximum atomic E-state index is 13.2. The molecule has 0 saturated carbocycles. The van der Waals surface area contributed by atoms with Gasteiger partial charge in [0.15, 0.2) is 15.6 Å². The predicted molar refractivity (Wildman–Crippen MR) is 155 cm³/mol. The zero-order valence-corrected chi connectivity index (χ0v) is 24.7. The van der Waals surface area contributed by atoms with Gasteiger partial charge in [0.05, 0.1) is 12.2 Å². The summed E-state index contributed by atoms with van der Waals surface area (Å²) >= 11 is 1.11. The van der Waals surface area contributed by atoms with Gasteiger partial charge in [0, 0.05) is 36.5 Å². The Morgan fingerprint density at radius 3 is 2.70 bits per heavy atom. The van der Waals surface area contributed by atoms with Crippen LogP contribution in [0.15, 0.2) is 30.5 Å². The first-order chi connectivity index (χ1) is 17.7. The third-order valence-corrected chi connectivity index (χ3v) is 10.5. The monoisotopic (exact) mass is 634 g/mol. The van der Waals surface area contributed by atoms with Crippen molar-refractivity contribution in [1.29, 1.82) is 0 Å². The number of fused-ring (bicyclic) bond motifs is 2. The Kier molecular flexibility index (Phi) is 6.92. The molecule has 0 amide bonds. The molecule has 2 aromatic heterocycles. The zero-order valence-electron chi connectivity index (χ0n) is 21.7. The van der Waals surface area contributed by atoms with E-state index in [4.69, 9.17) is 19.8 Å². The van der Waals surface area contributed by atoms with Crippen LogP contribution in [-0.2, 0) is 22.5 Å². The summed E-state index contributed by atoms with van der Waals surface area (Å²) in [6.07, 6.45) is 8.04. The van der Waals surface area contributed by atoms with Crippen LogP contribution in [0.5, 0.6) is 0 Å². The van der Waals surface area contributed by atoms with E-state index in [1.807, 2.05) is 31.6 Å². The number of rotatable bonds is 4. The van der Waals surface area contributed by atoms with E-state index in [0.717, 1.165) is 78.9 Å². The Labute approximate surface area is 235 Å². The Morgan fingerprint density at radius 2 is 1.97 bits per heavy atom. The summed E-state index contributed by atoms with van der Waals surface area (Å²) in [6.45, 7) is 8.64. The summed E-state index contributed by atoms with van der Waals surface area (Å²) in [5.74, 6) is 0.897. The van der Waals surface area contributed by atoms with Crippen LogP contribution in [-0.4, -0.2) is 48.7 Å². The van der Waals surface area contributed by atoms with Crippen LogP contribution in [0.2, 0.25) is 0 Å². The molecule has 1 N–H and O–H groups in total. The number of benzene rings is 1. The molecule has 1 aliphatic carbocycles. The smallest absolute Gasteiger partial charge is 0.182 e. The number of anilines is 1. The van der Waals surface area contributed by atoms with Crippen molar-refractivity contribution in [3.05, 3.63) is 45.3 Å². The number of piperidine rings is 1. The average molecular weight is 635 g/mol. The summed E-state index contributed by atoms with van der Waals surface area (Å²) in [5, 5.41) is 4.74. The summed E-state index contributed by atoms with van der Waals surface area (Å²) in [6, 6.07) is 8.76. The summed E-state index contributed by atoms with van der Waals surface area (Å²) in [4.78, 5) is 12.2. The van der Waals surface area contributed by atoms with Gasteiger partial charge in [0.1, 0.15) is 16.1 Å². The van der Waals surface area contributed by atoms with Crippen molar-refractivity contribution < 1.29 is 9.29 Å². The second-order valence-corrected chi connectivity index (χ2v) is 14.6. The highest BCUT2D eigenvalue weighted by molar-refractivity contribution is 14.1. The van der Waals surface area contributed by atoms with Crippen LogP contribution in [0.3, 0.4) is 0 Å². The first-order valence-electron chi connectivity index (χ1n) is 13.3. The van der Waals surface area contributed by atoms with Gasteiger partial charge in [-0.25, -0.2) is 14.6 Å². The zero-order chi connectivity index (χ0) is 25.8. The van der Waals surface area contributed by atoms with Crippen molar-refractivity contribution >= 4 is 50.9 Å². The van der Waals surface area contributed by atoms with Crippen LogP contribution in [0, 0.1) is 9.12 Å². The fourth-order valence-corrected chi connectivity index (χ4v) is 7.60. The number of halogens is 1. The number of aromatic nitrogens is 4. The van der Waals surface area contributed by atoms with E-state index in [1.165, 1.54) is 11.1 Å². The number of nitrogens with zero attached hydrogens (tertiary/aromatic N) is 5. The molecule has 2 aliphatic heterocycles. The average Bonchev–Trinajstić information content (AvgIpc) is 3.38. The van der Waals surface area contributed by atoms with Crippen LogP contribution in [0.1, 0.15) is 76.3 Å². The molecule has 0 bridgehead atoms. The summed E-state index contributed by atoms with van der Waals surface area (Å²) in [7, 11) is 0. The van der Waals surface area contributed by atoms with E-state index in [0.29, 0.717) is 0 Å². The fourth-order valence-electron chi connectivity index (χ4n) is 6.04. The van der Waals surface area contributed by atoms with Gasteiger partial charge in [-0.15, -0.1) is 4.72 Å². The largest absolute Gasteiger partial charge is 0.598 e. The lowest BCUT2D eigenvalue weighted by atomic mass is 9.73. The third-order valence-electron chi connectivity index (χ3n) is 8.16. The van der Waals surface area contributed by atoms with Crippen molar-refractivity contribution in [2.75, 3.05) is 24.6 Å². The molecule has 1 aromatic carbocycles. The van der Waals surface area contributed by atoms with Crippen molar-refractivity contribution in [2.45, 2.75) is 76.3 Å². The van der Waals surface area contributed by atoms with Gasteiger partial charge in [-0.1, -0.05) is 24.3 Å². The minimum atomic E-state index is -1.13. The molecular formula is C27H35IN6O2S. The molecule has 0 unspecified atom stereocenters. The molecule has 3 atom stereocenters. The molecule has 2 fully saturated rings. The van der Waals surface area contributed by atoms with Gasteiger partial charge in [0.2, 0.25) is 0 Å². The SMILES string of the molecule is CC(C)(C)[S@@+]([O-])N[C@@H]1c2ccccc2CC12CCN(c1cnc3c(I)nn([C@H]4CCCCO4)c3n1)CC2. The second kappa shape index (κ2) is 9.93. The molecule has 2 saturated heterocycles. The molecule has 3 aromatic rings. The minimum absolute atomic E-state index is 0.0473. The minimum Gasteiger partial charge on any atom is -0.598 e. The van der Waals surface area contributed by atoms with Crippen molar-refractivity contribution in [2.24, 2.45) is 5.41 Å². The standard InChI is InChI=1S/C27H35IN6O2S/c1-26(2,3)37(35)32-23-19-9-5-4-8-18(19)16-27(23)11-13-33(14-12-27)20-17-29-22-24(28)31-34(25(22)30-20)21-10-6-7-15-36-21/h4-5,8-9,17,21,23,32H,6-7,10-16H2,1-3H3/t21-,23-,37-/m1/s1.